The monoisotopic (exact) mass is 417 g/mol. The van der Waals surface area contributed by atoms with Gasteiger partial charge in [0.1, 0.15) is 4.90 Å². The summed E-state index contributed by atoms with van der Waals surface area (Å²) in [5.41, 5.74) is 0.597. The van der Waals surface area contributed by atoms with Gasteiger partial charge >= 0.3 is 0 Å². The molecule has 0 aliphatic rings. The Kier molecular flexibility index (Phi) is 6.16. The molecule has 0 aliphatic carbocycles. The van der Waals surface area contributed by atoms with E-state index in [0.29, 0.717) is 9.98 Å². The average molecular weight is 418 g/mol. The number of nitrogens with zero attached hydrogens (tertiary/aromatic N) is 3. The molecule has 9 nitrogen and oxygen atoms in total. The average Bonchev–Trinajstić information content (AvgIpc) is 2.62. The third-order valence-corrected chi connectivity index (χ3v) is 5.62. The van der Waals surface area contributed by atoms with Crippen molar-refractivity contribution in [1.29, 1.82) is 0 Å². The Morgan fingerprint density at radius 2 is 1.69 bits per heavy atom. The zero-order valence-electron chi connectivity index (χ0n) is 13.0. The summed E-state index contributed by atoms with van der Waals surface area (Å²) in [4.78, 5) is 21.5. The number of halogens is 2. The van der Waals surface area contributed by atoms with Gasteiger partial charge in [-0.15, -0.1) is 10.0 Å². The van der Waals surface area contributed by atoms with Crippen molar-refractivity contribution in [3.05, 3.63) is 63.0 Å². The maximum atomic E-state index is 12.6. The van der Waals surface area contributed by atoms with Crippen LogP contribution in [-0.4, -0.2) is 19.4 Å². The van der Waals surface area contributed by atoms with Gasteiger partial charge in [0.15, 0.2) is 0 Å². The minimum atomic E-state index is -4.16. The summed E-state index contributed by atoms with van der Waals surface area (Å²) in [5, 5.41) is 2.62. The van der Waals surface area contributed by atoms with Crippen LogP contribution in [0.25, 0.3) is 0 Å². The number of rotatable bonds is 6. The number of nitroso groups, excluding NO2 is 1. The van der Waals surface area contributed by atoms with Gasteiger partial charge in [-0.05, 0) is 35.9 Å². The van der Waals surface area contributed by atoms with Gasteiger partial charge in [-0.2, -0.15) is 8.42 Å². The van der Waals surface area contributed by atoms with Crippen molar-refractivity contribution in [2.45, 2.75) is 11.3 Å². The molecule has 26 heavy (non-hydrogen) atoms. The van der Waals surface area contributed by atoms with Crippen LogP contribution in [0.3, 0.4) is 0 Å². The number of nitrogens with two attached hydrogens (primary N) is 2. The molecule has 0 bridgehead atoms. The Hall–Kier alpha value is -2.24. The van der Waals surface area contributed by atoms with E-state index in [4.69, 9.17) is 34.9 Å². The molecule has 2 rings (SSSR count). The second-order valence-corrected chi connectivity index (χ2v) is 7.67. The molecular weight excluding hydrogens is 405 g/mol. The van der Waals surface area contributed by atoms with Gasteiger partial charge in [0.2, 0.25) is 0 Å². The van der Waals surface area contributed by atoms with Crippen LogP contribution in [0.1, 0.15) is 5.56 Å². The molecule has 0 unspecified atom stereocenters. The lowest BCUT2D eigenvalue weighted by molar-refractivity contribution is -0.130. The van der Waals surface area contributed by atoms with E-state index in [9.17, 15) is 18.1 Å². The highest BCUT2D eigenvalue weighted by Gasteiger charge is 2.25. The first-order valence-corrected chi connectivity index (χ1v) is 9.11. The minimum Gasteiger partial charge on any atom is -0.271 e. The molecule has 0 saturated heterocycles. The van der Waals surface area contributed by atoms with Crippen molar-refractivity contribution >= 4 is 44.8 Å². The maximum Gasteiger partial charge on any atom is 0.279 e. The van der Waals surface area contributed by atoms with Gasteiger partial charge in [0.05, 0.1) is 22.4 Å². The van der Waals surface area contributed by atoms with Gasteiger partial charge in [0, 0.05) is 5.02 Å². The normalized spacial score (nSPS) is 11.1. The number of hydrogen-bond acceptors (Lipinski definition) is 7. The molecule has 0 spiro atoms. The summed E-state index contributed by atoms with van der Waals surface area (Å²) in [5.74, 6) is 10.1. The molecule has 0 aliphatic heterocycles. The highest BCUT2D eigenvalue weighted by Crippen LogP contribution is 2.29. The topological polar surface area (TPSA) is 139 Å². The first-order chi connectivity index (χ1) is 12.2. The van der Waals surface area contributed by atoms with E-state index in [1.165, 1.54) is 42.5 Å². The zero-order valence-corrected chi connectivity index (χ0v) is 15.4. The van der Waals surface area contributed by atoms with E-state index in [1.807, 2.05) is 0 Å². The number of sulfonamides is 1. The highest BCUT2D eigenvalue weighted by atomic mass is 35.5. The lowest BCUT2D eigenvalue weighted by Crippen LogP contribution is -2.37. The first kappa shape index (κ1) is 20.1. The van der Waals surface area contributed by atoms with E-state index in [2.05, 4.69) is 5.29 Å². The first-order valence-electron chi connectivity index (χ1n) is 6.91. The second-order valence-electron chi connectivity index (χ2n) is 5.04. The smallest absolute Gasteiger partial charge is 0.271 e. The molecule has 0 radical (unpaired) electrons. The number of amides is 1. The molecule has 0 aromatic heterocycles. The van der Waals surface area contributed by atoms with Crippen LogP contribution in [-0.2, 0) is 21.2 Å². The van der Waals surface area contributed by atoms with Crippen molar-refractivity contribution in [2.75, 3.05) is 4.41 Å². The number of carbonyl (C=O) groups excluding carboxylic acids is 1. The highest BCUT2D eigenvalue weighted by molar-refractivity contribution is 7.92. The van der Waals surface area contributed by atoms with Crippen LogP contribution in [0, 0.1) is 4.91 Å². The molecular formula is C14H13Cl2N5O4S. The summed E-state index contributed by atoms with van der Waals surface area (Å²) in [6.07, 6.45) is -0.194. The number of benzene rings is 2. The van der Waals surface area contributed by atoms with E-state index in [-0.39, 0.29) is 32.2 Å². The Labute approximate surface area is 159 Å². The molecule has 1 amide bonds. The molecule has 0 saturated carbocycles. The van der Waals surface area contributed by atoms with Crippen LogP contribution in [0.5, 0.6) is 0 Å². The molecule has 2 aromatic rings. The molecule has 4 N–H and O–H groups in total. The number of carbonyl (C=O) groups is 1. The second kappa shape index (κ2) is 7.98. The number of hydrogen-bond donors (Lipinski definition) is 2. The molecule has 12 heteroatoms. The van der Waals surface area contributed by atoms with Crippen LogP contribution in [0.4, 0.5) is 5.69 Å². The van der Waals surface area contributed by atoms with Gasteiger partial charge in [0.25, 0.3) is 15.9 Å². The van der Waals surface area contributed by atoms with E-state index >= 15 is 0 Å². The lowest BCUT2D eigenvalue weighted by Gasteiger charge is -2.20. The Morgan fingerprint density at radius 3 is 2.27 bits per heavy atom. The largest absolute Gasteiger partial charge is 0.279 e. The van der Waals surface area contributed by atoms with Crippen LogP contribution >= 0.6 is 23.2 Å². The predicted octanol–water partition coefficient (Wildman–Crippen LogP) is 1.99. The summed E-state index contributed by atoms with van der Waals surface area (Å²) < 4.78 is 25.8. The van der Waals surface area contributed by atoms with Crippen LogP contribution in [0.15, 0.2) is 52.6 Å². The molecule has 0 heterocycles. The third kappa shape index (κ3) is 4.29. The van der Waals surface area contributed by atoms with Crippen molar-refractivity contribution in [1.82, 2.24) is 5.12 Å². The van der Waals surface area contributed by atoms with Gasteiger partial charge in [-0.1, -0.05) is 35.3 Å². The van der Waals surface area contributed by atoms with Crippen molar-refractivity contribution in [2.24, 2.45) is 17.0 Å². The Balaban J connectivity index is 2.26. The van der Waals surface area contributed by atoms with E-state index in [0.717, 1.165) is 0 Å². The predicted molar refractivity (Wildman–Crippen MR) is 97.3 cm³/mol. The number of hydrazine groups is 2. The summed E-state index contributed by atoms with van der Waals surface area (Å²) >= 11 is 11.8. The molecule has 138 valence electrons. The summed E-state index contributed by atoms with van der Waals surface area (Å²) in [6, 6.07) is 9.67. The SMILES string of the molecule is NN(N=O)C(=O)Cc1ccc(N(N)S(=O)(=O)c2cc(Cl)ccc2Cl)cc1. The Bertz CT molecular complexity index is 937. The molecule has 0 fully saturated rings. The van der Waals surface area contributed by atoms with Gasteiger partial charge in [-0.25, -0.2) is 16.1 Å². The van der Waals surface area contributed by atoms with Crippen molar-refractivity contribution in [3.8, 4) is 0 Å². The fourth-order valence-corrected chi connectivity index (χ4v) is 3.83. The molecule has 0 atom stereocenters. The lowest BCUT2D eigenvalue weighted by atomic mass is 10.1. The van der Waals surface area contributed by atoms with Crippen molar-refractivity contribution in [3.63, 3.8) is 0 Å². The quantitative estimate of drug-likeness (QED) is 0.318. The summed E-state index contributed by atoms with van der Waals surface area (Å²) in [7, 11) is -4.16. The third-order valence-electron chi connectivity index (χ3n) is 3.32. The Morgan fingerprint density at radius 1 is 1.08 bits per heavy atom. The van der Waals surface area contributed by atoms with Gasteiger partial charge < -0.3 is 0 Å². The van der Waals surface area contributed by atoms with Crippen LogP contribution in [0.2, 0.25) is 10.0 Å². The van der Waals surface area contributed by atoms with Gasteiger partial charge in [-0.3, -0.25) is 4.79 Å². The van der Waals surface area contributed by atoms with Crippen molar-refractivity contribution < 1.29 is 13.2 Å². The fourth-order valence-electron chi connectivity index (χ4n) is 1.98. The van der Waals surface area contributed by atoms with E-state index < -0.39 is 15.9 Å². The van der Waals surface area contributed by atoms with E-state index in [1.54, 1.807) is 0 Å². The standard InChI is InChI=1S/C14H13Cl2N5O4S/c15-10-3-6-12(16)13(8-10)26(24,25)21(18)11-4-1-9(2-5-11)7-14(22)20(17)19-23/h1-6,8H,7,17-18H2. The fraction of sp³-hybridized carbons (Fsp3) is 0.0714. The zero-order chi connectivity index (χ0) is 19.5. The molecule has 2 aromatic carbocycles. The number of anilines is 1. The minimum absolute atomic E-state index is 0.0310. The summed E-state index contributed by atoms with van der Waals surface area (Å²) in [6.45, 7) is 0. The maximum absolute atomic E-state index is 12.6. The van der Waals surface area contributed by atoms with Crippen LogP contribution < -0.4 is 16.1 Å².